The molecular formula is C13H24N2O2. The molecule has 0 saturated carbocycles. The zero-order valence-corrected chi connectivity index (χ0v) is 10.8. The van der Waals surface area contributed by atoms with Crippen LogP contribution in [-0.4, -0.2) is 17.1 Å². The second-order valence-electron chi connectivity index (χ2n) is 4.96. The molecule has 0 spiro atoms. The molecule has 98 valence electrons. The highest BCUT2D eigenvalue weighted by molar-refractivity contribution is 5.81. The molecule has 0 aromatic rings. The summed E-state index contributed by atoms with van der Waals surface area (Å²) in [7, 11) is 0. The molecule has 0 aromatic carbocycles. The van der Waals surface area contributed by atoms with Crippen LogP contribution in [0.1, 0.15) is 46.0 Å². The van der Waals surface area contributed by atoms with Crippen molar-refractivity contribution in [3.05, 3.63) is 11.6 Å². The number of rotatable bonds is 5. The molecule has 0 radical (unpaired) electrons. The molecule has 4 heteroatoms. The lowest BCUT2D eigenvalue weighted by molar-refractivity contribution is -0.126. The molecule has 0 heterocycles. The molecule has 0 aromatic heterocycles. The molecular weight excluding hydrogens is 216 g/mol. The number of amides is 1. The van der Waals surface area contributed by atoms with E-state index in [4.69, 9.17) is 5.84 Å². The van der Waals surface area contributed by atoms with E-state index in [2.05, 4.69) is 12.3 Å². The maximum atomic E-state index is 11.8. The summed E-state index contributed by atoms with van der Waals surface area (Å²) in [6.45, 7) is 4.06. The Morgan fingerprint density at radius 2 is 2.29 bits per heavy atom. The first-order valence-electron chi connectivity index (χ1n) is 6.47. The summed E-state index contributed by atoms with van der Waals surface area (Å²) in [6.07, 6.45) is 6.45. The largest absolute Gasteiger partial charge is 0.389 e. The first-order chi connectivity index (χ1) is 8.10. The lowest BCUT2D eigenvalue weighted by Gasteiger charge is -2.32. The van der Waals surface area contributed by atoms with Gasteiger partial charge in [-0.3, -0.25) is 10.2 Å². The second-order valence-corrected chi connectivity index (χ2v) is 4.96. The van der Waals surface area contributed by atoms with Crippen LogP contribution in [0.15, 0.2) is 11.6 Å². The maximum Gasteiger partial charge on any atom is 0.241 e. The highest BCUT2D eigenvalue weighted by atomic mass is 16.3. The van der Waals surface area contributed by atoms with Gasteiger partial charge < -0.3 is 5.11 Å². The number of carbonyl (C=O) groups is 1. The number of nitrogens with one attached hydrogen (secondary N) is 1. The fourth-order valence-corrected chi connectivity index (χ4v) is 2.74. The number of aliphatic hydroxyl groups excluding tert-OH is 1. The minimum absolute atomic E-state index is 0.132. The molecule has 0 unspecified atom stereocenters. The molecule has 3 atom stereocenters. The van der Waals surface area contributed by atoms with E-state index in [-0.39, 0.29) is 17.7 Å². The quantitative estimate of drug-likeness (QED) is 0.224. The zero-order valence-electron chi connectivity index (χ0n) is 10.8. The maximum absolute atomic E-state index is 11.8. The summed E-state index contributed by atoms with van der Waals surface area (Å²) in [5.74, 6) is 5.14. The van der Waals surface area contributed by atoms with Crippen molar-refractivity contribution in [1.82, 2.24) is 5.43 Å². The first-order valence-corrected chi connectivity index (χ1v) is 6.47. The monoisotopic (exact) mass is 240 g/mol. The number of unbranched alkanes of at least 4 members (excludes halogenated alkanes) is 2. The molecule has 1 rings (SSSR count). The molecule has 4 N–H and O–H groups in total. The highest BCUT2D eigenvalue weighted by Gasteiger charge is 2.33. The van der Waals surface area contributed by atoms with Crippen molar-refractivity contribution in [3.8, 4) is 0 Å². The van der Waals surface area contributed by atoms with Crippen molar-refractivity contribution in [2.75, 3.05) is 0 Å². The van der Waals surface area contributed by atoms with E-state index in [1.165, 1.54) is 6.42 Å². The predicted octanol–water partition coefficient (Wildman–Crippen LogP) is 1.50. The van der Waals surface area contributed by atoms with Gasteiger partial charge in [0, 0.05) is 0 Å². The summed E-state index contributed by atoms with van der Waals surface area (Å²) in [5, 5.41) is 9.74. The van der Waals surface area contributed by atoms with Crippen LogP contribution >= 0.6 is 0 Å². The molecule has 0 bridgehead atoms. The summed E-state index contributed by atoms with van der Waals surface area (Å²) in [6, 6.07) is 0. The smallest absolute Gasteiger partial charge is 0.241 e. The summed E-state index contributed by atoms with van der Waals surface area (Å²) in [5.41, 5.74) is 3.18. The van der Waals surface area contributed by atoms with Gasteiger partial charge >= 0.3 is 0 Å². The molecule has 0 aliphatic heterocycles. The molecule has 17 heavy (non-hydrogen) atoms. The van der Waals surface area contributed by atoms with Gasteiger partial charge in [-0.25, -0.2) is 5.84 Å². The van der Waals surface area contributed by atoms with Crippen molar-refractivity contribution >= 4 is 5.91 Å². The number of nitrogens with two attached hydrogens (primary N) is 1. The van der Waals surface area contributed by atoms with Crippen molar-refractivity contribution in [2.45, 2.75) is 52.1 Å². The molecule has 0 saturated heterocycles. The van der Waals surface area contributed by atoms with Gasteiger partial charge in [-0.15, -0.1) is 0 Å². The van der Waals surface area contributed by atoms with E-state index >= 15 is 0 Å². The molecule has 1 aliphatic carbocycles. The Morgan fingerprint density at radius 1 is 1.59 bits per heavy atom. The Morgan fingerprint density at radius 3 is 2.88 bits per heavy atom. The minimum Gasteiger partial charge on any atom is -0.389 e. The van der Waals surface area contributed by atoms with Gasteiger partial charge in [0.25, 0.3) is 0 Å². The highest BCUT2D eigenvalue weighted by Crippen LogP contribution is 2.34. The van der Waals surface area contributed by atoms with E-state index in [0.29, 0.717) is 6.42 Å². The Balaban J connectivity index is 2.70. The van der Waals surface area contributed by atoms with Crippen molar-refractivity contribution < 1.29 is 9.90 Å². The van der Waals surface area contributed by atoms with E-state index in [9.17, 15) is 9.90 Å². The minimum atomic E-state index is -0.413. The van der Waals surface area contributed by atoms with Crippen LogP contribution < -0.4 is 11.3 Å². The average Bonchev–Trinajstić information content (AvgIpc) is 2.28. The van der Waals surface area contributed by atoms with E-state index in [1.54, 1.807) is 6.08 Å². The van der Waals surface area contributed by atoms with Crippen LogP contribution in [-0.2, 0) is 4.79 Å². The third kappa shape index (κ3) is 3.82. The summed E-state index contributed by atoms with van der Waals surface area (Å²) in [4.78, 5) is 11.8. The fraction of sp³-hybridized carbons (Fsp3) is 0.769. The van der Waals surface area contributed by atoms with Crippen molar-refractivity contribution in [2.24, 2.45) is 17.7 Å². The van der Waals surface area contributed by atoms with Gasteiger partial charge in [0.1, 0.15) is 0 Å². The Hall–Kier alpha value is -0.870. The van der Waals surface area contributed by atoms with Crippen LogP contribution in [0.2, 0.25) is 0 Å². The summed E-state index contributed by atoms with van der Waals surface area (Å²) >= 11 is 0. The van der Waals surface area contributed by atoms with E-state index in [1.807, 2.05) is 6.92 Å². The van der Waals surface area contributed by atoms with Gasteiger partial charge in [0.2, 0.25) is 5.91 Å². The number of hydrogen-bond donors (Lipinski definition) is 3. The predicted molar refractivity (Wildman–Crippen MR) is 67.8 cm³/mol. The van der Waals surface area contributed by atoms with Gasteiger partial charge in [0.05, 0.1) is 12.0 Å². The van der Waals surface area contributed by atoms with Crippen molar-refractivity contribution in [3.63, 3.8) is 0 Å². The van der Waals surface area contributed by atoms with Crippen LogP contribution in [0.4, 0.5) is 0 Å². The lowest BCUT2D eigenvalue weighted by atomic mass is 9.75. The van der Waals surface area contributed by atoms with Gasteiger partial charge in [-0.2, -0.15) is 0 Å². The molecule has 4 nitrogen and oxygen atoms in total. The third-order valence-electron chi connectivity index (χ3n) is 3.56. The molecule has 1 aliphatic rings. The third-order valence-corrected chi connectivity index (χ3v) is 3.56. The zero-order chi connectivity index (χ0) is 12.8. The summed E-state index contributed by atoms with van der Waals surface area (Å²) < 4.78 is 0. The van der Waals surface area contributed by atoms with Crippen LogP contribution in [0.3, 0.4) is 0 Å². The van der Waals surface area contributed by atoms with Gasteiger partial charge in [-0.1, -0.05) is 37.8 Å². The Bertz CT molecular complexity index is 289. The topological polar surface area (TPSA) is 75.3 Å². The van der Waals surface area contributed by atoms with Crippen molar-refractivity contribution in [1.29, 1.82) is 0 Å². The van der Waals surface area contributed by atoms with Crippen LogP contribution in [0.5, 0.6) is 0 Å². The number of aliphatic hydroxyl groups is 1. The fourth-order valence-electron chi connectivity index (χ4n) is 2.74. The lowest BCUT2D eigenvalue weighted by Crippen LogP contribution is -2.42. The number of carbonyl (C=O) groups excluding carboxylic acids is 1. The SMILES string of the molecule is CCCCC[C@@H]1C[C@H](O)C=C(C)[C@@H]1C(=O)NN. The standard InChI is InChI=1S/C13H24N2O2/c1-3-4-5-6-10-8-11(16)7-9(2)12(10)13(17)15-14/h7,10-12,16H,3-6,8,14H2,1-2H3,(H,15,17)/t10-,11-,12+/m1/s1. The van der Waals surface area contributed by atoms with Gasteiger partial charge in [-0.05, 0) is 25.7 Å². The average molecular weight is 240 g/mol. The van der Waals surface area contributed by atoms with E-state index < -0.39 is 6.10 Å². The van der Waals surface area contributed by atoms with E-state index in [0.717, 1.165) is 24.8 Å². The second kappa shape index (κ2) is 6.77. The normalized spacial score (nSPS) is 28.7. The number of hydrogen-bond acceptors (Lipinski definition) is 3. The Kier molecular flexibility index (Phi) is 5.65. The first kappa shape index (κ1) is 14.2. The van der Waals surface area contributed by atoms with Crippen LogP contribution in [0.25, 0.3) is 0 Å². The number of hydrazine groups is 1. The van der Waals surface area contributed by atoms with Crippen LogP contribution in [0, 0.1) is 11.8 Å². The Labute approximate surface area is 103 Å². The molecule has 0 fully saturated rings. The van der Waals surface area contributed by atoms with Gasteiger partial charge in [0.15, 0.2) is 0 Å². The molecule has 1 amide bonds.